The maximum atomic E-state index is 12.5. The fourth-order valence-corrected chi connectivity index (χ4v) is 5.01. The molecule has 3 aromatic heterocycles. The molecule has 3 heterocycles. The number of benzene rings is 1. The number of aromatic nitrogens is 2. The number of nitrogens with one attached hydrogen (secondary N) is 2. The van der Waals surface area contributed by atoms with E-state index in [1.54, 1.807) is 16.7 Å². The van der Waals surface area contributed by atoms with Gasteiger partial charge in [-0.25, -0.2) is 9.97 Å². The Morgan fingerprint density at radius 2 is 1.83 bits per heavy atom. The van der Waals surface area contributed by atoms with Crippen molar-refractivity contribution < 1.29 is 9.59 Å². The number of rotatable bonds is 6. The molecule has 0 radical (unpaired) electrons. The van der Waals surface area contributed by atoms with Crippen LogP contribution in [0, 0.1) is 0 Å². The summed E-state index contributed by atoms with van der Waals surface area (Å²) in [6, 6.07) is 13.7. The maximum absolute atomic E-state index is 12.5. The first-order valence-corrected chi connectivity index (χ1v) is 11.3. The lowest BCUT2D eigenvalue weighted by atomic mass is 10.2. The number of carbonyl (C=O) groups excluding carboxylic acids is 2. The summed E-state index contributed by atoms with van der Waals surface area (Å²) in [5.74, 6) is -0.335. The molecule has 146 valence electrons. The molecule has 4 rings (SSSR count). The van der Waals surface area contributed by atoms with E-state index in [4.69, 9.17) is 0 Å². The normalized spacial score (nSPS) is 10.7. The molecule has 0 aliphatic rings. The Bertz CT molecular complexity index is 1150. The standard InChI is InChI=1S/C20H16N4O2S3/c1-12(25)21-9-14-7-8-17(29-14)15-10-28-20(23-15)24-18(26)16-11-27-19(22-16)13-5-3-2-4-6-13/h2-8,10-11H,9H2,1H3,(H,21,25)(H,23,24,26). The lowest BCUT2D eigenvalue weighted by Crippen LogP contribution is -2.17. The number of carbonyl (C=O) groups is 2. The Morgan fingerprint density at radius 1 is 1.00 bits per heavy atom. The van der Waals surface area contributed by atoms with E-state index >= 15 is 0 Å². The second kappa shape index (κ2) is 8.64. The molecule has 29 heavy (non-hydrogen) atoms. The Morgan fingerprint density at radius 3 is 2.62 bits per heavy atom. The van der Waals surface area contributed by atoms with Gasteiger partial charge in [0.1, 0.15) is 10.7 Å². The SMILES string of the molecule is CC(=O)NCc1ccc(-c2csc(NC(=O)c3csc(-c4ccccc4)n3)n2)s1. The Kier molecular flexibility index (Phi) is 5.79. The highest BCUT2D eigenvalue weighted by Crippen LogP contribution is 2.31. The third kappa shape index (κ3) is 4.76. The van der Waals surface area contributed by atoms with Crippen LogP contribution in [0.3, 0.4) is 0 Å². The predicted octanol–water partition coefficient (Wildman–Crippen LogP) is 4.88. The third-order valence-electron chi connectivity index (χ3n) is 3.91. The van der Waals surface area contributed by atoms with E-state index in [-0.39, 0.29) is 11.8 Å². The summed E-state index contributed by atoms with van der Waals surface area (Å²) in [5, 5.41) is 10.6. The quantitative estimate of drug-likeness (QED) is 0.447. The first kappa shape index (κ1) is 19.4. The first-order valence-electron chi connectivity index (χ1n) is 8.70. The zero-order valence-electron chi connectivity index (χ0n) is 15.3. The molecule has 2 amide bonds. The highest BCUT2D eigenvalue weighted by molar-refractivity contribution is 7.17. The van der Waals surface area contributed by atoms with Crippen LogP contribution in [0.2, 0.25) is 0 Å². The van der Waals surface area contributed by atoms with Gasteiger partial charge in [-0.2, -0.15) is 0 Å². The predicted molar refractivity (Wildman–Crippen MR) is 118 cm³/mol. The summed E-state index contributed by atoms with van der Waals surface area (Å²) >= 11 is 4.37. The molecule has 0 saturated carbocycles. The summed E-state index contributed by atoms with van der Waals surface area (Å²) < 4.78 is 0. The van der Waals surface area contributed by atoms with Crippen molar-refractivity contribution in [2.45, 2.75) is 13.5 Å². The van der Waals surface area contributed by atoms with Crippen LogP contribution < -0.4 is 10.6 Å². The first-order chi connectivity index (χ1) is 14.1. The van der Waals surface area contributed by atoms with Gasteiger partial charge in [0.05, 0.1) is 17.1 Å². The number of amides is 2. The average molecular weight is 441 g/mol. The Balaban J connectivity index is 1.42. The monoisotopic (exact) mass is 440 g/mol. The van der Waals surface area contributed by atoms with Crippen LogP contribution in [0.1, 0.15) is 22.3 Å². The van der Waals surface area contributed by atoms with Gasteiger partial charge in [0, 0.05) is 28.1 Å². The molecule has 0 unspecified atom stereocenters. The molecule has 1 aromatic carbocycles. The molecule has 0 fully saturated rings. The average Bonchev–Trinajstić information content (AvgIpc) is 3.47. The van der Waals surface area contributed by atoms with Crippen molar-refractivity contribution in [3.63, 3.8) is 0 Å². The third-order valence-corrected chi connectivity index (χ3v) is 6.66. The van der Waals surface area contributed by atoms with E-state index in [1.165, 1.54) is 29.6 Å². The van der Waals surface area contributed by atoms with Gasteiger partial charge in [-0.3, -0.25) is 14.9 Å². The lowest BCUT2D eigenvalue weighted by molar-refractivity contribution is -0.119. The van der Waals surface area contributed by atoms with Gasteiger partial charge in [-0.15, -0.1) is 34.0 Å². The van der Waals surface area contributed by atoms with Crippen molar-refractivity contribution in [2.75, 3.05) is 5.32 Å². The van der Waals surface area contributed by atoms with Crippen LogP contribution in [0.5, 0.6) is 0 Å². The van der Waals surface area contributed by atoms with Gasteiger partial charge < -0.3 is 5.32 Å². The molecular formula is C20H16N4O2S3. The van der Waals surface area contributed by atoms with Gasteiger partial charge in [0.15, 0.2) is 5.13 Å². The molecule has 0 aliphatic carbocycles. The van der Waals surface area contributed by atoms with E-state index in [0.717, 1.165) is 26.0 Å². The van der Waals surface area contributed by atoms with Crippen LogP contribution in [0.4, 0.5) is 5.13 Å². The van der Waals surface area contributed by atoms with Crippen molar-refractivity contribution in [3.8, 4) is 21.1 Å². The number of hydrogen-bond donors (Lipinski definition) is 2. The minimum absolute atomic E-state index is 0.0592. The summed E-state index contributed by atoms with van der Waals surface area (Å²) in [6.07, 6.45) is 0. The number of thiophene rings is 1. The molecule has 0 spiro atoms. The van der Waals surface area contributed by atoms with E-state index in [1.807, 2.05) is 47.8 Å². The van der Waals surface area contributed by atoms with Crippen molar-refractivity contribution in [1.82, 2.24) is 15.3 Å². The van der Waals surface area contributed by atoms with Crippen LogP contribution in [-0.4, -0.2) is 21.8 Å². The van der Waals surface area contributed by atoms with Crippen LogP contribution in [0.15, 0.2) is 53.2 Å². The Hall–Kier alpha value is -2.88. The molecule has 9 heteroatoms. The fourth-order valence-electron chi connectivity index (χ4n) is 2.52. The van der Waals surface area contributed by atoms with Crippen molar-refractivity contribution in [1.29, 1.82) is 0 Å². The van der Waals surface area contributed by atoms with Gasteiger partial charge in [0.2, 0.25) is 5.91 Å². The minimum Gasteiger partial charge on any atom is -0.351 e. The zero-order chi connectivity index (χ0) is 20.2. The summed E-state index contributed by atoms with van der Waals surface area (Å²) in [5.41, 5.74) is 2.16. The number of hydrogen-bond acceptors (Lipinski definition) is 7. The van der Waals surface area contributed by atoms with E-state index in [0.29, 0.717) is 17.4 Å². The number of thiazole rings is 2. The minimum atomic E-state index is -0.276. The highest BCUT2D eigenvalue weighted by atomic mass is 32.1. The molecular weight excluding hydrogens is 424 g/mol. The molecule has 2 N–H and O–H groups in total. The smallest absolute Gasteiger partial charge is 0.276 e. The Labute approximate surface area is 179 Å². The van der Waals surface area contributed by atoms with Gasteiger partial charge in [-0.05, 0) is 12.1 Å². The van der Waals surface area contributed by atoms with E-state index in [2.05, 4.69) is 20.6 Å². The zero-order valence-corrected chi connectivity index (χ0v) is 17.8. The summed E-state index contributed by atoms with van der Waals surface area (Å²) in [7, 11) is 0. The lowest BCUT2D eigenvalue weighted by Gasteiger charge is -1.98. The molecule has 4 aromatic rings. The van der Waals surface area contributed by atoms with Gasteiger partial charge in [0.25, 0.3) is 5.91 Å². The molecule has 6 nitrogen and oxygen atoms in total. The molecule has 0 aliphatic heterocycles. The van der Waals surface area contributed by atoms with Gasteiger partial charge >= 0.3 is 0 Å². The number of nitrogens with zero attached hydrogens (tertiary/aromatic N) is 2. The van der Waals surface area contributed by atoms with Crippen molar-refractivity contribution in [2.24, 2.45) is 0 Å². The molecule has 0 saturated heterocycles. The van der Waals surface area contributed by atoms with Crippen LogP contribution in [0.25, 0.3) is 21.1 Å². The fraction of sp³-hybridized carbons (Fsp3) is 0.100. The van der Waals surface area contributed by atoms with E-state index in [9.17, 15) is 9.59 Å². The second-order valence-corrected chi connectivity index (χ2v) is 8.96. The molecule has 0 bridgehead atoms. The van der Waals surface area contributed by atoms with Crippen molar-refractivity contribution >= 4 is 51.0 Å². The van der Waals surface area contributed by atoms with Gasteiger partial charge in [-0.1, -0.05) is 30.3 Å². The summed E-state index contributed by atoms with van der Waals surface area (Å²) in [6.45, 7) is 2.00. The van der Waals surface area contributed by atoms with Crippen LogP contribution >= 0.6 is 34.0 Å². The number of anilines is 1. The molecule has 0 atom stereocenters. The second-order valence-electron chi connectivity index (χ2n) is 6.07. The highest BCUT2D eigenvalue weighted by Gasteiger charge is 2.15. The summed E-state index contributed by atoms with van der Waals surface area (Å²) in [4.78, 5) is 34.5. The van der Waals surface area contributed by atoms with Crippen LogP contribution in [-0.2, 0) is 11.3 Å². The van der Waals surface area contributed by atoms with E-state index < -0.39 is 0 Å². The van der Waals surface area contributed by atoms with Crippen molar-refractivity contribution in [3.05, 3.63) is 63.8 Å². The largest absolute Gasteiger partial charge is 0.351 e. The maximum Gasteiger partial charge on any atom is 0.276 e. The topological polar surface area (TPSA) is 84.0 Å².